The smallest absolute Gasteiger partial charge is 0.252 e. The van der Waals surface area contributed by atoms with Crippen LogP contribution in [0.15, 0.2) is 34.8 Å². The minimum atomic E-state index is -0.970. The third-order valence-corrected chi connectivity index (χ3v) is 4.60. The quantitative estimate of drug-likeness (QED) is 0.595. The fourth-order valence-electron chi connectivity index (χ4n) is 2.50. The first-order chi connectivity index (χ1) is 12.8. The van der Waals surface area contributed by atoms with E-state index in [1.807, 2.05) is 0 Å². The molecule has 0 saturated carbocycles. The highest BCUT2D eigenvalue weighted by molar-refractivity contribution is 9.10. The maximum absolute atomic E-state index is 13.4. The zero-order chi connectivity index (χ0) is 20.1. The number of nitrogens with zero attached hydrogens (tertiary/aromatic N) is 3. The minimum Gasteiger partial charge on any atom is -0.382 e. The molecule has 0 spiro atoms. The van der Waals surface area contributed by atoms with Crippen LogP contribution in [0.3, 0.4) is 0 Å². The van der Waals surface area contributed by atoms with Gasteiger partial charge in [-0.2, -0.15) is 0 Å². The molecular weight excluding hydrogens is 441 g/mol. The van der Waals surface area contributed by atoms with Crippen molar-refractivity contribution < 1.29 is 18.7 Å². The van der Waals surface area contributed by atoms with Crippen molar-refractivity contribution in [2.45, 2.75) is 13.0 Å². The average Bonchev–Trinajstić information content (AvgIpc) is 2.62. The van der Waals surface area contributed by atoms with E-state index in [2.05, 4.69) is 20.9 Å². The van der Waals surface area contributed by atoms with Crippen molar-refractivity contribution in [3.05, 3.63) is 51.3 Å². The summed E-state index contributed by atoms with van der Waals surface area (Å²) in [6.45, 7) is 1.72. The summed E-state index contributed by atoms with van der Waals surface area (Å²) in [4.78, 5) is 31.6. The molecule has 1 aromatic carbocycles. The van der Waals surface area contributed by atoms with Gasteiger partial charge in [0.1, 0.15) is 17.7 Å². The molecule has 1 aromatic heterocycles. The molecule has 0 aliphatic heterocycles. The first kappa shape index (κ1) is 21.3. The van der Waals surface area contributed by atoms with Gasteiger partial charge in [0.2, 0.25) is 6.41 Å². The van der Waals surface area contributed by atoms with Crippen LogP contribution in [0.5, 0.6) is 0 Å². The van der Waals surface area contributed by atoms with Gasteiger partial charge in [0.25, 0.3) is 5.91 Å². The van der Waals surface area contributed by atoms with Crippen LogP contribution in [-0.4, -0.2) is 44.1 Å². The molecule has 1 unspecified atom stereocenters. The summed E-state index contributed by atoms with van der Waals surface area (Å²) < 4.78 is 19.3. The van der Waals surface area contributed by atoms with Crippen molar-refractivity contribution in [2.75, 3.05) is 30.6 Å². The molecule has 144 valence electrons. The van der Waals surface area contributed by atoms with Crippen molar-refractivity contribution in [2.24, 2.45) is 0 Å². The van der Waals surface area contributed by atoms with Gasteiger partial charge in [0.05, 0.1) is 11.6 Å². The molecule has 2 rings (SSSR count). The van der Waals surface area contributed by atoms with E-state index < -0.39 is 17.8 Å². The Balaban J connectivity index is 2.39. The SMILES string of the molecule is COCC(C(=O)N(C)c1ccc(F)c(Cl)c1)N(C=O)c1cc(Br)cc(C)n1. The lowest BCUT2D eigenvalue weighted by molar-refractivity contribution is -0.122. The maximum atomic E-state index is 13.4. The Morgan fingerprint density at radius 2 is 2.11 bits per heavy atom. The van der Waals surface area contributed by atoms with Gasteiger partial charge in [-0.25, -0.2) is 9.37 Å². The number of methoxy groups -OCH3 is 1. The number of hydrogen-bond acceptors (Lipinski definition) is 4. The molecule has 0 fully saturated rings. The van der Waals surface area contributed by atoms with Crippen LogP contribution in [0.2, 0.25) is 5.02 Å². The van der Waals surface area contributed by atoms with E-state index in [0.717, 1.165) is 4.47 Å². The zero-order valence-corrected chi connectivity index (χ0v) is 17.3. The normalized spacial score (nSPS) is 11.8. The number of halogens is 3. The second kappa shape index (κ2) is 9.25. The monoisotopic (exact) mass is 457 g/mol. The second-order valence-corrected chi connectivity index (χ2v) is 7.09. The lowest BCUT2D eigenvalue weighted by Gasteiger charge is -2.30. The first-order valence-electron chi connectivity index (χ1n) is 7.87. The Morgan fingerprint density at radius 3 is 2.67 bits per heavy atom. The van der Waals surface area contributed by atoms with E-state index >= 15 is 0 Å². The first-order valence-corrected chi connectivity index (χ1v) is 9.05. The van der Waals surface area contributed by atoms with Crippen LogP contribution in [0.25, 0.3) is 0 Å². The van der Waals surface area contributed by atoms with E-state index in [1.54, 1.807) is 19.1 Å². The average molecular weight is 459 g/mol. The molecule has 0 bridgehead atoms. The lowest BCUT2D eigenvalue weighted by Crippen LogP contribution is -2.50. The van der Waals surface area contributed by atoms with Gasteiger partial charge < -0.3 is 9.64 Å². The Hall–Kier alpha value is -2.03. The van der Waals surface area contributed by atoms with Crippen LogP contribution >= 0.6 is 27.5 Å². The summed E-state index contributed by atoms with van der Waals surface area (Å²) in [7, 11) is 2.94. The fraction of sp³-hybridized carbons (Fsp3) is 0.278. The third kappa shape index (κ3) is 5.03. The molecule has 0 N–H and O–H groups in total. The van der Waals surface area contributed by atoms with Crippen molar-refractivity contribution in [1.82, 2.24) is 4.98 Å². The number of aryl methyl sites for hydroxylation is 1. The summed E-state index contributed by atoms with van der Waals surface area (Å²) in [5.41, 5.74) is 1.06. The van der Waals surface area contributed by atoms with Crippen LogP contribution in [-0.2, 0) is 14.3 Å². The highest BCUT2D eigenvalue weighted by atomic mass is 79.9. The van der Waals surface area contributed by atoms with Gasteiger partial charge in [-0.3, -0.25) is 14.5 Å². The topological polar surface area (TPSA) is 62.7 Å². The maximum Gasteiger partial charge on any atom is 0.252 e. The van der Waals surface area contributed by atoms with Crippen LogP contribution < -0.4 is 9.80 Å². The van der Waals surface area contributed by atoms with Gasteiger partial charge in [-0.05, 0) is 37.3 Å². The number of aromatic nitrogens is 1. The van der Waals surface area contributed by atoms with Gasteiger partial charge in [-0.15, -0.1) is 0 Å². The van der Waals surface area contributed by atoms with Crippen molar-refractivity contribution in [1.29, 1.82) is 0 Å². The Labute approximate surface area is 170 Å². The number of ether oxygens (including phenoxy) is 1. The number of hydrogen-bond donors (Lipinski definition) is 0. The van der Waals surface area contributed by atoms with E-state index in [4.69, 9.17) is 16.3 Å². The number of benzene rings is 1. The van der Waals surface area contributed by atoms with E-state index in [0.29, 0.717) is 23.6 Å². The summed E-state index contributed by atoms with van der Waals surface area (Å²) in [5, 5.41) is -0.105. The number of anilines is 2. The molecule has 1 heterocycles. The fourth-order valence-corrected chi connectivity index (χ4v) is 3.21. The molecule has 0 aliphatic carbocycles. The summed E-state index contributed by atoms with van der Waals surface area (Å²) >= 11 is 9.16. The second-order valence-electron chi connectivity index (χ2n) is 5.76. The molecule has 0 saturated heterocycles. The largest absolute Gasteiger partial charge is 0.382 e. The molecule has 2 amide bonds. The Bertz CT molecular complexity index is 832. The highest BCUT2D eigenvalue weighted by Crippen LogP contribution is 2.25. The summed E-state index contributed by atoms with van der Waals surface area (Å²) in [5.74, 6) is -0.720. The molecule has 27 heavy (non-hydrogen) atoms. The van der Waals surface area contributed by atoms with Crippen LogP contribution in [0, 0.1) is 12.7 Å². The van der Waals surface area contributed by atoms with E-state index in [1.165, 1.54) is 42.2 Å². The number of carbonyl (C=O) groups excluding carboxylic acids is 2. The minimum absolute atomic E-state index is 0.0515. The molecule has 0 aliphatic rings. The Morgan fingerprint density at radius 1 is 1.41 bits per heavy atom. The number of amides is 2. The molecule has 6 nitrogen and oxygen atoms in total. The summed E-state index contributed by atoms with van der Waals surface area (Å²) in [6.07, 6.45) is 0.529. The standard InChI is InChI=1S/C18H18BrClFN3O3/c1-11-6-12(19)7-17(22-11)24(10-25)16(9-27-3)18(26)23(2)13-4-5-15(21)14(20)8-13/h4-8,10,16H,9H2,1-3H3. The van der Waals surface area contributed by atoms with Gasteiger partial charge >= 0.3 is 0 Å². The Kier molecular flexibility index (Phi) is 7.29. The number of carbonyl (C=O) groups is 2. The molecular formula is C18H18BrClFN3O3. The third-order valence-electron chi connectivity index (χ3n) is 3.85. The number of pyridine rings is 1. The van der Waals surface area contributed by atoms with Crippen molar-refractivity contribution in [3.63, 3.8) is 0 Å². The van der Waals surface area contributed by atoms with Gasteiger partial charge in [-0.1, -0.05) is 27.5 Å². The predicted molar refractivity (Wildman–Crippen MR) is 106 cm³/mol. The van der Waals surface area contributed by atoms with Gasteiger partial charge in [0, 0.05) is 30.0 Å². The summed E-state index contributed by atoms with van der Waals surface area (Å²) in [6, 6.07) is 6.38. The molecule has 0 radical (unpaired) electrons. The van der Waals surface area contributed by atoms with Crippen LogP contribution in [0.4, 0.5) is 15.9 Å². The predicted octanol–water partition coefficient (Wildman–Crippen LogP) is 3.59. The number of likely N-dealkylation sites (N-methyl/N-ethyl adjacent to an activating group) is 1. The van der Waals surface area contributed by atoms with E-state index in [9.17, 15) is 14.0 Å². The van der Waals surface area contributed by atoms with Crippen molar-refractivity contribution >= 4 is 51.4 Å². The van der Waals surface area contributed by atoms with Crippen molar-refractivity contribution in [3.8, 4) is 0 Å². The lowest BCUT2D eigenvalue weighted by atomic mass is 10.2. The van der Waals surface area contributed by atoms with E-state index in [-0.39, 0.29) is 11.6 Å². The van der Waals surface area contributed by atoms with Crippen LogP contribution in [0.1, 0.15) is 5.69 Å². The molecule has 9 heteroatoms. The molecule has 1 atom stereocenters. The number of rotatable bonds is 7. The highest BCUT2D eigenvalue weighted by Gasteiger charge is 2.30. The molecule has 2 aromatic rings. The van der Waals surface area contributed by atoms with Gasteiger partial charge in [0.15, 0.2) is 0 Å². The zero-order valence-electron chi connectivity index (χ0n) is 14.9.